The largest absolute Gasteiger partial charge is 0.313 e. The minimum absolute atomic E-state index is 0.135. The number of aryl methyl sites for hydroxylation is 1. The third-order valence-corrected chi connectivity index (χ3v) is 3.66. The van der Waals surface area contributed by atoms with Crippen LogP contribution in [-0.4, -0.2) is 7.05 Å². The van der Waals surface area contributed by atoms with Gasteiger partial charge in [0.1, 0.15) is 0 Å². The summed E-state index contributed by atoms with van der Waals surface area (Å²) in [7, 11) is 1.67. The molecule has 1 atom stereocenters. The van der Waals surface area contributed by atoms with E-state index in [1.807, 2.05) is 24.3 Å². The maximum atomic E-state index is 13.9. The van der Waals surface area contributed by atoms with Crippen LogP contribution >= 0.6 is 0 Å². The lowest BCUT2D eigenvalue weighted by Crippen LogP contribution is -2.21. The Morgan fingerprint density at radius 3 is 2.10 bits per heavy atom. The van der Waals surface area contributed by atoms with Crippen LogP contribution in [0.4, 0.5) is 13.2 Å². The average molecular weight is 293 g/mol. The minimum Gasteiger partial charge on any atom is -0.313 e. The summed E-state index contributed by atoms with van der Waals surface area (Å²) in [5, 5.41) is 2.95. The van der Waals surface area contributed by atoms with Crippen LogP contribution in [0.15, 0.2) is 36.4 Å². The standard InChI is InChI=1S/C17H18F3N/c1-3-11-4-6-12(7-5-11)10-15(21-2)13-8-9-14(18)17(20)16(13)19/h4-9,15,21H,3,10H2,1-2H3. The molecule has 2 aromatic carbocycles. The molecule has 2 rings (SSSR count). The van der Waals surface area contributed by atoms with Crippen LogP contribution in [0.25, 0.3) is 0 Å². The smallest absolute Gasteiger partial charge is 0.194 e. The zero-order valence-electron chi connectivity index (χ0n) is 12.1. The molecular weight excluding hydrogens is 275 g/mol. The first-order valence-electron chi connectivity index (χ1n) is 6.95. The van der Waals surface area contributed by atoms with Crippen molar-refractivity contribution in [3.05, 3.63) is 70.5 Å². The highest BCUT2D eigenvalue weighted by molar-refractivity contribution is 5.28. The van der Waals surface area contributed by atoms with Gasteiger partial charge in [0.05, 0.1) is 0 Å². The van der Waals surface area contributed by atoms with Crippen molar-refractivity contribution < 1.29 is 13.2 Å². The lowest BCUT2D eigenvalue weighted by molar-refractivity contribution is 0.428. The van der Waals surface area contributed by atoms with Crippen molar-refractivity contribution >= 4 is 0 Å². The zero-order valence-corrected chi connectivity index (χ0v) is 12.1. The summed E-state index contributed by atoms with van der Waals surface area (Å²) < 4.78 is 40.2. The highest BCUT2D eigenvalue weighted by Gasteiger charge is 2.20. The first-order chi connectivity index (χ1) is 10.1. The van der Waals surface area contributed by atoms with E-state index in [-0.39, 0.29) is 5.56 Å². The van der Waals surface area contributed by atoms with Gasteiger partial charge < -0.3 is 5.32 Å². The van der Waals surface area contributed by atoms with Crippen LogP contribution in [0, 0.1) is 17.5 Å². The third-order valence-electron chi connectivity index (χ3n) is 3.66. The fourth-order valence-corrected chi connectivity index (χ4v) is 2.32. The summed E-state index contributed by atoms with van der Waals surface area (Å²) in [5.41, 5.74) is 2.37. The van der Waals surface area contributed by atoms with Crippen LogP contribution in [0.1, 0.15) is 29.7 Å². The van der Waals surface area contributed by atoms with E-state index in [0.29, 0.717) is 6.42 Å². The molecule has 1 nitrogen and oxygen atoms in total. The predicted octanol–water partition coefficient (Wildman–Crippen LogP) is 4.17. The lowest BCUT2D eigenvalue weighted by atomic mass is 9.97. The van der Waals surface area contributed by atoms with Gasteiger partial charge >= 0.3 is 0 Å². The van der Waals surface area contributed by atoms with Crippen molar-refractivity contribution in [3.63, 3.8) is 0 Å². The highest BCUT2D eigenvalue weighted by atomic mass is 19.2. The van der Waals surface area contributed by atoms with Gasteiger partial charge in [0.25, 0.3) is 0 Å². The Morgan fingerprint density at radius 2 is 1.52 bits per heavy atom. The Hall–Kier alpha value is -1.81. The highest BCUT2D eigenvalue weighted by Crippen LogP contribution is 2.24. The van der Waals surface area contributed by atoms with Crippen LogP contribution < -0.4 is 5.32 Å². The molecule has 112 valence electrons. The Bertz CT molecular complexity index is 608. The molecule has 0 amide bonds. The predicted molar refractivity (Wildman–Crippen MR) is 77.6 cm³/mol. The van der Waals surface area contributed by atoms with Crippen molar-refractivity contribution in [1.82, 2.24) is 5.32 Å². The molecule has 0 heterocycles. The molecule has 0 aromatic heterocycles. The second kappa shape index (κ2) is 6.76. The number of halogens is 3. The summed E-state index contributed by atoms with van der Waals surface area (Å²) in [5.74, 6) is -3.72. The first kappa shape index (κ1) is 15.6. The number of hydrogen-bond acceptors (Lipinski definition) is 1. The van der Waals surface area contributed by atoms with Gasteiger partial charge in [-0.25, -0.2) is 13.2 Å². The average Bonchev–Trinajstić information content (AvgIpc) is 2.51. The maximum absolute atomic E-state index is 13.9. The molecule has 0 aliphatic heterocycles. The number of hydrogen-bond donors (Lipinski definition) is 1. The molecule has 0 saturated heterocycles. The van der Waals surface area contributed by atoms with Crippen molar-refractivity contribution in [2.75, 3.05) is 7.05 Å². The molecule has 0 saturated carbocycles. The second-order valence-corrected chi connectivity index (χ2v) is 4.98. The van der Waals surface area contributed by atoms with E-state index in [1.54, 1.807) is 7.05 Å². The van der Waals surface area contributed by atoms with Gasteiger partial charge in [-0.1, -0.05) is 37.3 Å². The van der Waals surface area contributed by atoms with Crippen LogP contribution in [0.5, 0.6) is 0 Å². The molecule has 0 fully saturated rings. The molecule has 0 aliphatic carbocycles. The topological polar surface area (TPSA) is 12.0 Å². The van der Waals surface area contributed by atoms with Crippen LogP contribution in [-0.2, 0) is 12.8 Å². The first-order valence-corrected chi connectivity index (χ1v) is 6.95. The van der Waals surface area contributed by atoms with Gasteiger partial charge in [-0.15, -0.1) is 0 Å². The van der Waals surface area contributed by atoms with E-state index >= 15 is 0 Å². The van der Waals surface area contributed by atoms with Crippen molar-refractivity contribution in [2.24, 2.45) is 0 Å². The van der Waals surface area contributed by atoms with Crippen molar-refractivity contribution in [2.45, 2.75) is 25.8 Å². The molecular formula is C17H18F3N. The van der Waals surface area contributed by atoms with Crippen molar-refractivity contribution in [3.8, 4) is 0 Å². The van der Waals surface area contributed by atoms with E-state index in [2.05, 4.69) is 12.2 Å². The summed E-state index contributed by atoms with van der Waals surface area (Å²) in [6.07, 6.45) is 1.45. The summed E-state index contributed by atoms with van der Waals surface area (Å²) in [6, 6.07) is 9.82. The normalized spacial score (nSPS) is 12.4. The molecule has 21 heavy (non-hydrogen) atoms. The maximum Gasteiger partial charge on any atom is 0.194 e. The molecule has 0 bridgehead atoms. The Morgan fingerprint density at radius 1 is 0.905 bits per heavy atom. The van der Waals surface area contributed by atoms with Gasteiger partial charge in [-0.2, -0.15) is 0 Å². The fourth-order valence-electron chi connectivity index (χ4n) is 2.32. The van der Waals surface area contributed by atoms with Crippen molar-refractivity contribution in [1.29, 1.82) is 0 Å². The number of benzene rings is 2. The summed E-state index contributed by atoms with van der Waals surface area (Å²) in [4.78, 5) is 0. The molecule has 1 N–H and O–H groups in total. The van der Waals surface area contributed by atoms with Gasteiger partial charge in [-0.05, 0) is 37.1 Å². The van der Waals surface area contributed by atoms with E-state index in [4.69, 9.17) is 0 Å². The monoisotopic (exact) mass is 293 g/mol. The summed E-state index contributed by atoms with van der Waals surface area (Å²) in [6.45, 7) is 2.07. The second-order valence-electron chi connectivity index (χ2n) is 4.98. The zero-order chi connectivity index (χ0) is 15.4. The molecule has 0 aliphatic rings. The fraction of sp³-hybridized carbons (Fsp3) is 0.294. The lowest BCUT2D eigenvalue weighted by Gasteiger charge is -2.18. The SMILES string of the molecule is CCc1ccc(CC(NC)c2ccc(F)c(F)c2F)cc1. The Labute approximate surface area is 122 Å². The summed E-state index contributed by atoms with van der Waals surface area (Å²) >= 11 is 0. The Kier molecular flexibility index (Phi) is 5.02. The minimum atomic E-state index is -1.42. The third kappa shape index (κ3) is 3.45. The quantitative estimate of drug-likeness (QED) is 0.816. The number of likely N-dealkylation sites (N-methyl/N-ethyl adjacent to an activating group) is 1. The van der Waals surface area contributed by atoms with Crippen LogP contribution in [0.2, 0.25) is 0 Å². The van der Waals surface area contributed by atoms with E-state index in [1.165, 1.54) is 11.6 Å². The molecule has 0 spiro atoms. The van der Waals surface area contributed by atoms with Gasteiger partial charge in [0, 0.05) is 11.6 Å². The Balaban J connectivity index is 2.25. The molecule has 1 unspecified atom stereocenters. The van der Waals surface area contributed by atoms with E-state index in [0.717, 1.165) is 18.1 Å². The molecule has 0 radical (unpaired) electrons. The number of rotatable bonds is 5. The van der Waals surface area contributed by atoms with Crippen LogP contribution in [0.3, 0.4) is 0 Å². The molecule has 2 aromatic rings. The van der Waals surface area contributed by atoms with Gasteiger partial charge in [0.15, 0.2) is 17.5 Å². The van der Waals surface area contributed by atoms with Gasteiger partial charge in [0.2, 0.25) is 0 Å². The van der Waals surface area contributed by atoms with E-state index in [9.17, 15) is 13.2 Å². The van der Waals surface area contributed by atoms with E-state index < -0.39 is 23.5 Å². The molecule has 4 heteroatoms. The van der Waals surface area contributed by atoms with Gasteiger partial charge in [-0.3, -0.25) is 0 Å². The number of nitrogens with one attached hydrogen (secondary N) is 1.